The number of benzene rings is 4. The lowest BCUT2D eigenvalue weighted by Gasteiger charge is -2.30. The number of carbonyl (C=O) groups excluding carboxylic acids is 8. The molecule has 0 saturated carbocycles. The summed E-state index contributed by atoms with van der Waals surface area (Å²) >= 11 is 0. The summed E-state index contributed by atoms with van der Waals surface area (Å²) in [5, 5.41) is 8.99. The molecule has 0 atom stereocenters. The predicted octanol–water partition coefficient (Wildman–Crippen LogP) is 4.54. The van der Waals surface area contributed by atoms with Gasteiger partial charge in [-0.05, 0) is 104 Å². The number of carbonyl (C=O) groups is 8. The molecule has 0 unspecified atom stereocenters. The Labute approximate surface area is 453 Å². The molecular weight excluding hydrogens is 1070 g/mol. The lowest BCUT2D eigenvalue weighted by molar-refractivity contribution is -0.223. The van der Waals surface area contributed by atoms with Crippen LogP contribution in [0.2, 0.25) is 0 Å². The maximum Gasteiger partial charge on any atom is 0.549 e. The van der Waals surface area contributed by atoms with E-state index in [9.17, 15) is 38.4 Å². The van der Waals surface area contributed by atoms with E-state index in [-0.39, 0.29) is 22.3 Å². The molecule has 77 heavy (non-hydrogen) atoms. The summed E-state index contributed by atoms with van der Waals surface area (Å²) in [6.07, 6.45) is 1.28. The van der Waals surface area contributed by atoms with Gasteiger partial charge in [0.25, 0.3) is 0 Å². The van der Waals surface area contributed by atoms with Crippen molar-refractivity contribution >= 4 is 107 Å². The summed E-state index contributed by atoms with van der Waals surface area (Å²) in [6.45, 7) is 11.4. The fourth-order valence-electron chi connectivity index (χ4n) is 6.41. The molecule has 0 aliphatic rings. The van der Waals surface area contributed by atoms with Gasteiger partial charge in [-0.3, -0.25) is 0 Å². The van der Waals surface area contributed by atoms with Crippen LogP contribution in [0.5, 0.6) is 0 Å². The van der Waals surface area contributed by atoms with Crippen LogP contribution in [0.3, 0.4) is 0 Å². The summed E-state index contributed by atoms with van der Waals surface area (Å²) in [6, 6.07) is 25.6. The van der Waals surface area contributed by atoms with E-state index in [1.165, 1.54) is 69.3 Å². The predicted molar refractivity (Wildman–Crippen MR) is 290 cm³/mol. The third kappa shape index (κ3) is 21.8. The van der Waals surface area contributed by atoms with Crippen molar-refractivity contribution in [1.29, 1.82) is 0 Å². The van der Waals surface area contributed by atoms with Gasteiger partial charge in [-0.2, -0.15) is 19.2 Å². The minimum absolute atomic E-state index is 0.0188. The Morgan fingerprint density at radius 3 is 0.675 bits per heavy atom. The third-order valence-electron chi connectivity index (χ3n) is 11.4. The van der Waals surface area contributed by atoms with Gasteiger partial charge in [-0.25, -0.2) is 58.3 Å². The Morgan fingerprint density at radius 1 is 0.325 bits per heavy atom. The van der Waals surface area contributed by atoms with Crippen molar-refractivity contribution in [2.24, 2.45) is 5.41 Å². The van der Waals surface area contributed by atoms with Crippen LogP contribution in [0.25, 0.3) is 0 Å². The summed E-state index contributed by atoms with van der Waals surface area (Å²) in [4.78, 5) is 140. The average molecular weight is 1130 g/mol. The van der Waals surface area contributed by atoms with E-state index in [1.54, 1.807) is 48.5 Å². The summed E-state index contributed by atoms with van der Waals surface area (Å²) in [7, 11) is -3.01. The zero-order valence-electron chi connectivity index (χ0n) is 43.9. The topological polar surface area (TPSA) is 247 Å². The van der Waals surface area contributed by atoms with Gasteiger partial charge in [0.15, 0.2) is 0 Å². The minimum atomic E-state index is -2.25. The largest absolute Gasteiger partial charge is 0.549 e. The molecule has 0 aliphatic carbocycles. The van der Waals surface area contributed by atoms with Crippen molar-refractivity contribution in [1.82, 2.24) is 0 Å². The fraction of sp³-hybridized carbons (Fsp3) is 0.245. The SMILES string of the molecule is C/C=C(\C)[SiH2]c1ccc(C(=O)OOC(=O)OCC(COC(=O)OOC(=O)c2ccc([SiH2]/C(C)=C/C)cc2)(COC(=O)OOC(=O)c2ccc([SiH2]/C(C)=C/C)cc2)COC(=O)OOC(=O)c2ccc([SiH2]/C(C)=C/C)cc2)cc1. The zero-order valence-corrected chi connectivity index (χ0v) is 49.5. The first-order chi connectivity index (χ1) is 36.8. The normalized spacial score (nSPS) is 13.0. The maximum atomic E-state index is 13.0. The Morgan fingerprint density at radius 2 is 0.506 bits per heavy atom. The first-order valence-corrected chi connectivity index (χ1v) is 29.6. The molecule has 24 heteroatoms. The number of hydrogen-bond donors (Lipinski definition) is 0. The molecule has 408 valence electrons. The molecule has 4 aromatic rings. The van der Waals surface area contributed by atoms with E-state index < -0.39 is 118 Å². The van der Waals surface area contributed by atoms with Crippen LogP contribution < -0.4 is 20.7 Å². The van der Waals surface area contributed by atoms with Crippen molar-refractivity contribution in [2.45, 2.75) is 55.4 Å². The quantitative estimate of drug-likeness (QED) is 0.0387. The molecule has 4 aromatic carbocycles. The number of rotatable bonds is 20. The standard InChI is InChI=1S/C53H60O20Si4/c1-9-33(5)74-41-21-13-37(14-22-41)45(54)66-70-49(58)62-29-53(30-63-50(59)71-67-46(55)38-15-23-42(24-16-38)75-34(6)10-2,31-64-51(60)72-68-47(56)39-17-25-43(26-18-39)76-35(7)11-3)32-65-52(61)73-69-48(57)40-19-27-44(28-20-40)77-36(8)12-4/h9-28H,29-32,74-77H2,1-8H3/b33-9+,34-10+,35-11+,36-12+. The third-order valence-corrected chi connectivity index (χ3v) is 18.8. The molecule has 0 heterocycles. The van der Waals surface area contributed by atoms with Crippen LogP contribution >= 0.6 is 0 Å². The first-order valence-electron chi connectivity index (χ1n) is 23.9. The van der Waals surface area contributed by atoms with Crippen LogP contribution in [0.15, 0.2) is 142 Å². The summed E-state index contributed by atoms with van der Waals surface area (Å²) in [5.74, 6) is -4.35. The van der Waals surface area contributed by atoms with E-state index in [0.29, 0.717) is 0 Å². The Kier molecular flexibility index (Phi) is 25.1. The molecule has 0 bridgehead atoms. The molecular formula is C53H60O20Si4. The second-order valence-corrected chi connectivity index (χ2v) is 26.6. The highest BCUT2D eigenvalue weighted by Crippen LogP contribution is 2.23. The molecule has 0 spiro atoms. The van der Waals surface area contributed by atoms with Gasteiger partial charge in [-0.15, -0.1) is 0 Å². The van der Waals surface area contributed by atoms with Crippen LogP contribution in [0, 0.1) is 5.41 Å². The van der Waals surface area contributed by atoms with Crippen molar-refractivity contribution in [2.75, 3.05) is 26.4 Å². The van der Waals surface area contributed by atoms with Crippen molar-refractivity contribution in [3.63, 3.8) is 0 Å². The monoisotopic (exact) mass is 1130 g/mol. The van der Waals surface area contributed by atoms with Crippen LogP contribution in [-0.4, -0.2) is 113 Å². The van der Waals surface area contributed by atoms with Gasteiger partial charge in [0.05, 0.1) is 60.3 Å². The maximum absolute atomic E-state index is 13.0. The average Bonchev–Trinajstić information content (AvgIpc) is 3.44. The van der Waals surface area contributed by atoms with Gasteiger partial charge in [-0.1, -0.05) is 114 Å². The second-order valence-electron chi connectivity index (χ2n) is 17.5. The zero-order chi connectivity index (χ0) is 56.3. The Bertz CT molecular complexity index is 2440. The van der Waals surface area contributed by atoms with E-state index in [2.05, 4.69) is 39.1 Å². The smallest absolute Gasteiger partial charge is 0.431 e. The van der Waals surface area contributed by atoms with Crippen LogP contribution in [0.4, 0.5) is 19.2 Å². The molecule has 0 N–H and O–H groups in total. The van der Waals surface area contributed by atoms with E-state index in [0.717, 1.165) is 20.7 Å². The lowest BCUT2D eigenvalue weighted by atomic mass is 9.92. The van der Waals surface area contributed by atoms with E-state index in [4.69, 9.17) is 18.9 Å². The highest BCUT2D eigenvalue weighted by molar-refractivity contribution is 6.62. The Balaban J connectivity index is 1.52. The molecule has 0 fully saturated rings. The Hall–Kier alpha value is -8.33. The molecule has 0 aliphatic heterocycles. The summed E-state index contributed by atoms with van der Waals surface area (Å²) < 4.78 is 20.7. The highest BCUT2D eigenvalue weighted by atomic mass is 28.2. The molecule has 0 amide bonds. The number of hydrogen-bond acceptors (Lipinski definition) is 20. The number of allylic oxidation sites excluding steroid dienone is 8. The van der Waals surface area contributed by atoms with E-state index >= 15 is 0 Å². The molecule has 20 nitrogen and oxygen atoms in total. The van der Waals surface area contributed by atoms with Crippen molar-refractivity contribution in [3.05, 3.63) is 164 Å². The van der Waals surface area contributed by atoms with Crippen LogP contribution in [0.1, 0.15) is 96.8 Å². The molecule has 4 rings (SSSR count). The molecule has 0 radical (unpaired) electrons. The second kappa shape index (κ2) is 31.5. The van der Waals surface area contributed by atoms with E-state index in [1.807, 2.05) is 79.7 Å². The van der Waals surface area contributed by atoms with Gasteiger partial charge in [0.1, 0.15) is 31.8 Å². The fourth-order valence-corrected chi connectivity index (χ4v) is 11.7. The number of ether oxygens (including phenoxy) is 4. The van der Waals surface area contributed by atoms with Crippen molar-refractivity contribution in [3.8, 4) is 0 Å². The minimum Gasteiger partial charge on any atom is -0.431 e. The van der Waals surface area contributed by atoms with Crippen molar-refractivity contribution < 1.29 is 96.4 Å². The van der Waals surface area contributed by atoms with Crippen LogP contribution in [-0.2, 0) is 58.0 Å². The first kappa shape index (κ1) is 61.2. The van der Waals surface area contributed by atoms with Gasteiger partial charge in [0.2, 0.25) is 0 Å². The van der Waals surface area contributed by atoms with Gasteiger partial charge >= 0.3 is 48.5 Å². The van der Waals surface area contributed by atoms with Gasteiger partial charge < -0.3 is 18.9 Å². The summed E-state index contributed by atoms with van der Waals surface area (Å²) in [5.41, 5.74) is -2.17. The van der Waals surface area contributed by atoms with Gasteiger partial charge in [0, 0.05) is 0 Å². The highest BCUT2D eigenvalue weighted by Gasteiger charge is 2.40. The lowest BCUT2D eigenvalue weighted by Crippen LogP contribution is -2.44. The molecule has 0 saturated heterocycles. The molecule has 0 aromatic heterocycles.